The summed E-state index contributed by atoms with van der Waals surface area (Å²) >= 11 is 0. The zero-order chi connectivity index (χ0) is 14.5. The Bertz CT molecular complexity index is 549. The Kier molecular flexibility index (Phi) is 4.25. The fraction of sp³-hybridized carbons (Fsp3) is 0.400. The molecule has 0 radical (unpaired) electrons. The van der Waals surface area contributed by atoms with Gasteiger partial charge < -0.3 is 24.8 Å². The van der Waals surface area contributed by atoms with Crippen molar-refractivity contribution in [2.24, 2.45) is 0 Å². The fourth-order valence-corrected chi connectivity index (χ4v) is 2.23. The van der Waals surface area contributed by atoms with Gasteiger partial charge in [-0.2, -0.15) is 0 Å². The molecule has 1 fully saturated rings. The van der Waals surface area contributed by atoms with Gasteiger partial charge in [0, 0.05) is 12.7 Å². The molecule has 2 aliphatic heterocycles. The Morgan fingerprint density at radius 3 is 2.86 bits per heavy atom. The second-order valence-corrected chi connectivity index (χ2v) is 4.93. The highest BCUT2D eigenvalue weighted by Gasteiger charge is 2.13. The van der Waals surface area contributed by atoms with Gasteiger partial charge in [0.15, 0.2) is 11.5 Å². The molecule has 0 spiro atoms. The van der Waals surface area contributed by atoms with Crippen molar-refractivity contribution in [1.29, 1.82) is 0 Å². The molecule has 112 valence electrons. The monoisotopic (exact) mass is 290 g/mol. The topological polar surface area (TPSA) is 68.8 Å². The Balaban J connectivity index is 1.47. The van der Waals surface area contributed by atoms with Gasteiger partial charge in [-0.05, 0) is 36.1 Å². The molecule has 1 aromatic carbocycles. The van der Waals surface area contributed by atoms with Gasteiger partial charge in [0.2, 0.25) is 6.79 Å². The van der Waals surface area contributed by atoms with E-state index in [-0.39, 0.29) is 12.8 Å². The first-order valence-electron chi connectivity index (χ1n) is 7.00. The molecule has 2 aliphatic rings. The van der Waals surface area contributed by atoms with Crippen LogP contribution in [0.15, 0.2) is 30.0 Å². The highest BCUT2D eigenvalue weighted by molar-refractivity contribution is 5.75. The number of hydrogen-bond donors (Lipinski definition) is 2. The minimum absolute atomic E-state index is 0.216. The normalized spacial score (nSPS) is 16.5. The lowest BCUT2D eigenvalue weighted by Gasteiger charge is -2.14. The Morgan fingerprint density at radius 1 is 1.19 bits per heavy atom. The zero-order valence-electron chi connectivity index (χ0n) is 11.7. The number of benzene rings is 1. The van der Waals surface area contributed by atoms with Crippen molar-refractivity contribution in [3.63, 3.8) is 0 Å². The summed E-state index contributed by atoms with van der Waals surface area (Å²) in [4.78, 5) is 11.7. The molecule has 0 saturated carbocycles. The lowest BCUT2D eigenvalue weighted by atomic mass is 10.1. The molecular formula is C15H18N2O4. The van der Waals surface area contributed by atoms with E-state index in [1.165, 1.54) is 5.57 Å². The predicted molar refractivity (Wildman–Crippen MR) is 76.1 cm³/mol. The highest BCUT2D eigenvalue weighted by Crippen LogP contribution is 2.32. The van der Waals surface area contributed by atoms with Crippen LogP contribution in [0.5, 0.6) is 11.5 Å². The van der Waals surface area contributed by atoms with Gasteiger partial charge in [0.1, 0.15) is 0 Å². The standard InChI is InChI=1S/C15H18N2O4/c18-15(16-8-11-3-5-19-6-4-11)17-9-12-1-2-13-14(7-12)21-10-20-13/h1-2,7-8H,3-6,9-10H2,(H2,16,17,18). The average molecular weight is 290 g/mol. The van der Waals surface area contributed by atoms with Crippen LogP contribution in [0, 0.1) is 0 Å². The van der Waals surface area contributed by atoms with E-state index in [1.54, 1.807) is 6.20 Å². The number of carbonyl (C=O) groups excluding carboxylic acids is 1. The van der Waals surface area contributed by atoms with Gasteiger partial charge in [-0.15, -0.1) is 0 Å². The van der Waals surface area contributed by atoms with Gasteiger partial charge in [-0.1, -0.05) is 6.07 Å². The van der Waals surface area contributed by atoms with E-state index in [1.807, 2.05) is 18.2 Å². The Hall–Kier alpha value is -2.21. The lowest BCUT2D eigenvalue weighted by molar-refractivity contribution is 0.119. The number of rotatable bonds is 3. The first-order valence-corrected chi connectivity index (χ1v) is 7.00. The van der Waals surface area contributed by atoms with Crippen molar-refractivity contribution >= 4 is 6.03 Å². The molecule has 0 aliphatic carbocycles. The van der Waals surface area contributed by atoms with Crippen LogP contribution in [0.1, 0.15) is 18.4 Å². The summed E-state index contributed by atoms with van der Waals surface area (Å²) in [6.07, 6.45) is 3.53. The quantitative estimate of drug-likeness (QED) is 0.892. The van der Waals surface area contributed by atoms with Crippen LogP contribution in [-0.2, 0) is 11.3 Å². The third-order valence-electron chi connectivity index (χ3n) is 3.43. The van der Waals surface area contributed by atoms with E-state index >= 15 is 0 Å². The van der Waals surface area contributed by atoms with Gasteiger partial charge in [-0.25, -0.2) is 4.79 Å². The van der Waals surface area contributed by atoms with Crippen molar-refractivity contribution in [2.45, 2.75) is 19.4 Å². The van der Waals surface area contributed by atoms with Crippen molar-refractivity contribution in [1.82, 2.24) is 10.6 Å². The molecule has 2 amide bonds. The highest BCUT2D eigenvalue weighted by atomic mass is 16.7. The molecule has 0 aromatic heterocycles. The van der Waals surface area contributed by atoms with Gasteiger partial charge in [-0.3, -0.25) is 0 Å². The van der Waals surface area contributed by atoms with Gasteiger partial charge in [0.05, 0.1) is 13.2 Å². The van der Waals surface area contributed by atoms with Crippen LogP contribution in [-0.4, -0.2) is 26.0 Å². The second kappa shape index (κ2) is 6.49. The molecule has 6 nitrogen and oxygen atoms in total. The molecule has 1 saturated heterocycles. The molecule has 3 rings (SSSR count). The maximum absolute atomic E-state index is 11.7. The zero-order valence-corrected chi connectivity index (χ0v) is 11.7. The third kappa shape index (κ3) is 3.66. The number of amides is 2. The van der Waals surface area contributed by atoms with E-state index in [4.69, 9.17) is 14.2 Å². The first-order chi connectivity index (χ1) is 10.3. The predicted octanol–water partition coefficient (Wildman–Crippen LogP) is 1.91. The molecule has 2 heterocycles. The molecule has 6 heteroatoms. The first kappa shape index (κ1) is 13.8. The Morgan fingerprint density at radius 2 is 2.00 bits per heavy atom. The smallest absolute Gasteiger partial charge is 0.319 e. The average Bonchev–Trinajstić information content (AvgIpc) is 2.99. The molecular weight excluding hydrogens is 272 g/mol. The van der Waals surface area contributed by atoms with Crippen LogP contribution in [0.25, 0.3) is 0 Å². The third-order valence-corrected chi connectivity index (χ3v) is 3.43. The van der Waals surface area contributed by atoms with Crippen molar-refractivity contribution in [3.8, 4) is 11.5 Å². The number of hydrogen-bond acceptors (Lipinski definition) is 4. The SMILES string of the molecule is O=C(NC=C1CCOCC1)NCc1ccc2c(c1)OCO2. The largest absolute Gasteiger partial charge is 0.454 e. The summed E-state index contributed by atoms with van der Waals surface area (Å²) in [6.45, 7) is 2.15. The second-order valence-electron chi connectivity index (χ2n) is 4.93. The molecule has 2 N–H and O–H groups in total. The lowest BCUT2D eigenvalue weighted by Crippen LogP contribution is -2.32. The number of ether oxygens (including phenoxy) is 3. The summed E-state index contributed by atoms with van der Waals surface area (Å²) in [6, 6.07) is 5.41. The van der Waals surface area contributed by atoms with Crippen LogP contribution < -0.4 is 20.1 Å². The van der Waals surface area contributed by atoms with Crippen molar-refractivity contribution < 1.29 is 19.0 Å². The summed E-state index contributed by atoms with van der Waals surface area (Å²) < 4.78 is 15.8. The Labute approximate surface area is 123 Å². The molecule has 1 aromatic rings. The summed E-state index contributed by atoms with van der Waals surface area (Å²) in [5, 5.41) is 5.56. The maximum atomic E-state index is 11.7. The van der Waals surface area contributed by atoms with Gasteiger partial charge >= 0.3 is 6.03 Å². The van der Waals surface area contributed by atoms with E-state index in [9.17, 15) is 4.79 Å². The van der Waals surface area contributed by atoms with Crippen molar-refractivity contribution in [3.05, 3.63) is 35.5 Å². The summed E-state index contributed by atoms with van der Waals surface area (Å²) in [5.74, 6) is 1.46. The van der Waals surface area contributed by atoms with Gasteiger partial charge in [0.25, 0.3) is 0 Å². The van der Waals surface area contributed by atoms with E-state index in [0.29, 0.717) is 6.54 Å². The number of fused-ring (bicyclic) bond motifs is 1. The summed E-state index contributed by atoms with van der Waals surface area (Å²) in [7, 11) is 0. The molecule has 0 bridgehead atoms. The van der Waals surface area contributed by atoms with Crippen LogP contribution >= 0.6 is 0 Å². The van der Waals surface area contributed by atoms with Crippen LogP contribution in [0.2, 0.25) is 0 Å². The van der Waals surface area contributed by atoms with Crippen LogP contribution in [0.4, 0.5) is 4.79 Å². The maximum Gasteiger partial charge on any atom is 0.319 e. The number of nitrogens with one attached hydrogen (secondary N) is 2. The van der Waals surface area contributed by atoms with E-state index < -0.39 is 0 Å². The molecule has 0 unspecified atom stereocenters. The number of urea groups is 1. The van der Waals surface area contributed by atoms with Crippen molar-refractivity contribution in [2.75, 3.05) is 20.0 Å². The number of carbonyl (C=O) groups is 1. The van der Waals surface area contributed by atoms with E-state index in [0.717, 1.165) is 43.1 Å². The minimum Gasteiger partial charge on any atom is -0.454 e. The summed E-state index contributed by atoms with van der Waals surface area (Å²) in [5.41, 5.74) is 2.17. The van der Waals surface area contributed by atoms with Crippen LogP contribution in [0.3, 0.4) is 0 Å². The molecule has 0 atom stereocenters. The minimum atomic E-state index is -0.216. The van der Waals surface area contributed by atoms with E-state index in [2.05, 4.69) is 10.6 Å². The fourth-order valence-electron chi connectivity index (χ4n) is 2.23. The molecule has 21 heavy (non-hydrogen) atoms.